The third kappa shape index (κ3) is 4.72. The average Bonchev–Trinajstić information content (AvgIpc) is 2.62. The minimum Gasteiger partial charge on any atom is -0.489 e. The fourth-order valence-electron chi connectivity index (χ4n) is 2.75. The van der Waals surface area contributed by atoms with Crippen LogP contribution in [-0.4, -0.2) is 0 Å². The molecule has 0 unspecified atom stereocenters. The van der Waals surface area contributed by atoms with E-state index in [-0.39, 0.29) is 0 Å². The summed E-state index contributed by atoms with van der Waals surface area (Å²) in [4.78, 5) is 0. The Hall–Kier alpha value is -2.16. The van der Waals surface area contributed by atoms with Crippen molar-refractivity contribution in [3.63, 3.8) is 0 Å². The summed E-state index contributed by atoms with van der Waals surface area (Å²) in [5.74, 6) is 0.812. The normalized spacial score (nSPS) is 10.6. The van der Waals surface area contributed by atoms with Crippen molar-refractivity contribution in [2.75, 3.05) is 5.32 Å². The van der Waals surface area contributed by atoms with Crippen molar-refractivity contribution < 1.29 is 4.74 Å². The molecule has 0 saturated heterocycles. The van der Waals surface area contributed by atoms with E-state index in [0.717, 1.165) is 22.6 Å². The van der Waals surface area contributed by atoms with E-state index in [2.05, 4.69) is 37.4 Å². The molecule has 26 heavy (non-hydrogen) atoms. The van der Waals surface area contributed by atoms with E-state index in [4.69, 9.17) is 27.9 Å². The van der Waals surface area contributed by atoms with Gasteiger partial charge in [-0.05, 0) is 66.9 Å². The van der Waals surface area contributed by atoms with E-state index in [1.165, 1.54) is 11.1 Å². The van der Waals surface area contributed by atoms with Crippen LogP contribution in [0, 0.1) is 13.8 Å². The van der Waals surface area contributed by atoms with Gasteiger partial charge in [0.25, 0.3) is 0 Å². The molecule has 0 spiro atoms. The van der Waals surface area contributed by atoms with Gasteiger partial charge in [0.15, 0.2) is 0 Å². The Labute approximate surface area is 164 Å². The number of hydrogen-bond donors (Lipinski definition) is 1. The second-order valence-electron chi connectivity index (χ2n) is 6.27. The highest BCUT2D eigenvalue weighted by molar-refractivity contribution is 6.30. The predicted molar refractivity (Wildman–Crippen MR) is 110 cm³/mol. The molecule has 3 aromatic carbocycles. The number of halogens is 2. The molecule has 3 aromatic rings. The summed E-state index contributed by atoms with van der Waals surface area (Å²) in [5, 5.41) is 4.89. The molecule has 0 amide bonds. The van der Waals surface area contributed by atoms with Crippen LogP contribution in [0.2, 0.25) is 10.0 Å². The van der Waals surface area contributed by atoms with Gasteiger partial charge in [0, 0.05) is 27.8 Å². The Bertz CT molecular complexity index is 908. The lowest BCUT2D eigenvalue weighted by atomic mass is 10.1. The second kappa shape index (κ2) is 8.48. The third-order valence-corrected chi connectivity index (χ3v) is 4.85. The van der Waals surface area contributed by atoms with Gasteiger partial charge in [0.2, 0.25) is 0 Å². The van der Waals surface area contributed by atoms with Crippen LogP contribution in [-0.2, 0) is 13.2 Å². The van der Waals surface area contributed by atoms with Crippen LogP contribution >= 0.6 is 23.2 Å². The molecule has 0 heterocycles. The van der Waals surface area contributed by atoms with Crippen LogP contribution in [0.5, 0.6) is 5.75 Å². The lowest BCUT2D eigenvalue weighted by Gasteiger charge is -2.15. The van der Waals surface area contributed by atoms with Gasteiger partial charge < -0.3 is 10.1 Å². The Kier molecular flexibility index (Phi) is 6.08. The molecule has 0 aromatic heterocycles. The molecule has 0 bridgehead atoms. The first-order chi connectivity index (χ1) is 12.5. The maximum absolute atomic E-state index is 6.19. The van der Waals surface area contributed by atoms with Gasteiger partial charge in [-0.2, -0.15) is 0 Å². The van der Waals surface area contributed by atoms with Crippen molar-refractivity contribution in [3.05, 3.63) is 93.0 Å². The number of hydrogen-bond acceptors (Lipinski definition) is 2. The first-order valence-electron chi connectivity index (χ1n) is 8.48. The Balaban J connectivity index is 1.74. The highest BCUT2D eigenvalue weighted by Crippen LogP contribution is 2.26. The number of aryl methyl sites for hydroxylation is 1. The molecule has 0 aliphatic heterocycles. The topological polar surface area (TPSA) is 21.3 Å². The van der Waals surface area contributed by atoms with E-state index in [0.29, 0.717) is 23.2 Å². The summed E-state index contributed by atoms with van der Waals surface area (Å²) in [6, 6.07) is 19.6. The van der Waals surface area contributed by atoms with E-state index < -0.39 is 0 Å². The average molecular weight is 386 g/mol. The van der Waals surface area contributed by atoms with Gasteiger partial charge in [0.05, 0.1) is 0 Å². The second-order valence-corrected chi connectivity index (χ2v) is 7.14. The molecule has 2 nitrogen and oxygen atoms in total. The first kappa shape index (κ1) is 18.6. The molecule has 0 saturated carbocycles. The lowest BCUT2D eigenvalue weighted by molar-refractivity contribution is 0.303. The van der Waals surface area contributed by atoms with Crippen molar-refractivity contribution in [1.29, 1.82) is 0 Å². The van der Waals surface area contributed by atoms with Gasteiger partial charge in [-0.3, -0.25) is 0 Å². The minimum atomic E-state index is 0.457. The fraction of sp³-hybridized carbons (Fsp3) is 0.182. The summed E-state index contributed by atoms with van der Waals surface area (Å²) in [7, 11) is 0. The standard InChI is InChI=1S/C22H21Cl2NO/c1-15-5-3-8-21(16(15)2)25-13-18-12-20(24)9-10-22(18)26-14-17-6-4-7-19(23)11-17/h3-12,25H,13-14H2,1-2H3. The predicted octanol–water partition coefficient (Wildman–Crippen LogP) is 6.80. The molecule has 0 fully saturated rings. The highest BCUT2D eigenvalue weighted by atomic mass is 35.5. The number of anilines is 1. The monoisotopic (exact) mass is 385 g/mol. The maximum atomic E-state index is 6.19. The van der Waals surface area contributed by atoms with Crippen molar-refractivity contribution in [2.45, 2.75) is 27.0 Å². The molecule has 3 rings (SSSR count). The van der Waals surface area contributed by atoms with Crippen LogP contribution < -0.4 is 10.1 Å². The highest BCUT2D eigenvalue weighted by Gasteiger charge is 2.07. The maximum Gasteiger partial charge on any atom is 0.124 e. The van der Waals surface area contributed by atoms with Gasteiger partial charge >= 0.3 is 0 Å². The van der Waals surface area contributed by atoms with E-state index in [1.54, 1.807) is 0 Å². The van der Waals surface area contributed by atoms with Gasteiger partial charge in [-0.15, -0.1) is 0 Å². The summed E-state index contributed by atoms with van der Waals surface area (Å²) in [6.45, 7) is 5.32. The molecule has 1 N–H and O–H groups in total. The van der Waals surface area contributed by atoms with Crippen LogP contribution in [0.3, 0.4) is 0 Å². The largest absolute Gasteiger partial charge is 0.489 e. The summed E-state index contributed by atoms with van der Waals surface area (Å²) in [5.41, 5.74) is 5.67. The summed E-state index contributed by atoms with van der Waals surface area (Å²) >= 11 is 12.2. The van der Waals surface area contributed by atoms with Crippen LogP contribution in [0.25, 0.3) is 0 Å². The number of nitrogens with one attached hydrogen (secondary N) is 1. The molecule has 0 atom stereocenters. The zero-order valence-corrected chi connectivity index (χ0v) is 16.4. The van der Waals surface area contributed by atoms with E-state index in [9.17, 15) is 0 Å². The lowest BCUT2D eigenvalue weighted by Crippen LogP contribution is -2.05. The van der Waals surface area contributed by atoms with Crippen molar-refractivity contribution in [3.8, 4) is 5.75 Å². The summed E-state index contributed by atoms with van der Waals surface area (Å²) < 4.78 is 6.02. The smallest absolute Gasteiger partial charge is 0.124 e. The zero-order valence-electron chi connectivity index (χ0n) is 14.9. The Morgan fingerprint density at radius 2 is 1.65 bits per heavy atom. The molecular formula is C22H21Cl2NO. The molecule has 4 heteroatoms. The summed E-state index contributed by atoms with van der Waals surface area (Å²) in [6.07, 6.45) is 0. The quantitative estimate of drug-likeness (QED) is 0.503. The molecular weight excluding hydrogens is 365 g/mol. The number of ether oxygens (including phenoxy) is 1. The van der Waals surface area contributed by atoms with Crippen LogP contribution in [0.15, 0.2) is 60.7 Å². The van der Waals surface area contributed by atoms with Gasteiger partial charge in [-0.1, -0.05) is 47.5 Å². The van der Waals surface area contributed by atoms with E-state index in [1.807, 2.05) is 42.5 Å². The molecule has 134 valence electrons. The van der Waals surface area contributed by atoms with Gasteiger partial charge in [-0.25, -0.2) is 0 Å². The molecule has 0 radical (unpaired) electrons. The molecule has 0 aliphatic carbocycles. The number of rotatable bonds is 6. The van der Waals surface area contributed by atoms with Crippen LogP contribution in [0.4, 0.5) is 5.69 Å². The Morgan fingerprint density at radius 3 is 2.46 bits per heavy atom. The molecule has 0 aliphatic rings. The van der Waals surface area contributed by atoms with Gasteiger partial charge in [0.1, 0.15) is 12.4 Å². The van der Waals surface area contributed by atoms with E-state index >= 15 is 0 Å². The first-order valence-corrected chi connectivity index (χ1v) is 9.24. The zero-order chi connectivity index (χ0) is 18.5. The minimum absolute atomic E-state index is 0.457. The number of benzene rings is 3. The van der Waals surface area contributed by atoms with Crippen LogP contribution in [0.1, 0.15) is 22.3 Å². The Morgan fingerprint density at radius 1 is 0.885 bits per heavy atom. The van der Waals surface area contributed by atoms with Crippen molar-refractivity contribution in [1.82, 2.24) is 0 Å². The SMILES string of the molecule is Cc1cccc(NCc2cc(Cl)ccc2OCc2cccc(Cl)c2)c1C. The third-order valence-electron chi connectivity index (χ3n) is 4.38. The fourth-order valence-corrected chi connectivity index (χ4v) is 3.16. The van der Waals surface area contributed by atoms with Crippen molar-refractivity contribution in [2.24, 2.45) is 0 Å². The van der Waals surface area contributed by atoms with Crippen molar-refractivity contribution >= 4 is 28.9 Å².